The third-order valence-corrected chi connectivity index (χ3v) is 2.78. The van der Waals surface area contributed by atoms with Gasteiger partial charge in [-0.2, -0.15) is 5.10 Å². The number of aryl methyl sites for hydroxylation is 1. The molecule has 16 heavy (non-hydrogen) atoms. The number of rotatable bonds is 3. The lowest BCUT2D eigenvalue weighted by Crippen LogP contribution is -2.10. The van der Waals surface area contributed by atoms with Crippen LogP contribution in [0.15, 0.2) is 36.7 Å². The van der Waals surface area contributed by atoms with Crippen molar-refractivity contribution in [3.05, 3.63) is 52.8 Å². The Hall–Kier alpha value is -1.32. The van der Waals surface area contributed by atoms with Crippen LogP contribution in [0.5, 0.6) is 0 Å². The van der Waals surface area contributed by atoms with Crippen molar-refractivity contribution in [3.63, 3.8) is 0 Å². The van der Waals surface area contributed by atoms with E-state index in [1.807, 2.05) is 42.1 Å². The van der Waals surface area contributed by atoms with E-state index in [9.17, 15) is 0 Å². The molecule has 1 atom stereocenters. The molecule has 0 spiro atoms. The van der Waals surface area contributed by atoms with Crippen LogP contribution in [0.4, 0.5) is 0 Å². The lowest BCUT2D eigenvalue weighted by molar-refractivity contribution is 0.658. The van der Waals surface area contributed by atoms with Gasteiger partial charge in [0.2, 0.25) is 0 Å². The zero-order chi connectivity index (χ0) is 11.5. The summed E-state index contributed by atoms with van der Waals surface area (Å²) in [5.74, 6) is 0. The largest absolute Gasteiger partial charge is 0.320 e. The minimum absolute atomic E-state index is 0.168. The molecule has 3 nitrogen and oxygen atoms in total. The summed E-state index contributed by atoms with van der Waals surface area (Å²) >= 11 is 5.93. The van der Waals surface area contributed by atoms with E-state index in [0.29, 0.717) is 5.02 Å². The van der Waals surface area contributed by atoms with Gasteiger partial charge in [-0.15, -0.1) is 0 Å². The normalized spacial score (nSPS) is 12.7. The molecule has 1 aromatic carbocycles. The highest BCUT2D eigenvalue weighted by molar-refractivity contribution is 6.30. The molecular weight excluding hydrogens is 222 g/mol. The Morgan fingerprint density at radius 3 is 2.88 bits per heavy atom. The Morgan fingerprint density at radius 1 is 1.44 bits per heavy atom. The minimum atomic E-state index is -0.168. The van der Waals surface area contributed by atoms with Gasteiger partial charge in [-0.1, -0.05) is 23.7 Å². The van der Waals surface area contributed by atoms with E-state index in [0.717, 1.165) is 17.7 Å². The molecule has 0 fully saturated rings. The molecule has 84 valence electrons. The molecule has 1 aromatic heterocycles. The molecule has 1 heterocycles. The van der Waals surface area contributed by atoms with Crippen LogP contribution < -0.4 is 5.73 Å². The SMILES string of the molecule is CCn1cc(C(N)c2cccc(Cl)c2)cn1. The molecule has 0 aliphatic heterocycles. The van der Waals surface area contributed by atoms with Crippen LogP contribution in [0.1, 0.15) is 24.1 Å². The lowest BCUT2D eigenvalue weighted by Gasteiger charge is -2.09. The molecular formula is C12H14ClN3. The molecule has 0 amide bonds. The van der Waals surface area contributed by atoms with Gasteiger partial charge in [0, 0.05) is 23.3 Å². The number of halogens is 1. The fourth-order valence-electron chi connectivity index (χ4n) is 1.61. The predicted octanol–water partition coefficient (Wildman–Crippen LogP) is 2.60. The van der Waals surface area contributed by atoms with Crippen LogP contribution in [-0.2, 0) is 6.54 Å². The van der Waals surface area contributed by atoms with E-state index in [1.54, 1.807) is 6.20 Å². The molecule has 0 aliphatic carbocycles. The number of nitrogens with two attached hydrogens (primary N) is 1. The zero-order valence-corrected chi connectivity index (χ0v) is 9.85. The van der Waals surface area contributed by atoms with Crippen molar-refractivity contribution in [2.24, 2.45) is 5.73 Å². The van der Waals surface area contributed by atoms with Crippen LogP contribution in [0.3, 0.4) is 0 Å². The molecule has 2 aromatic rings. The summed E-state index contributed by atoms with van der Waals surface area (Å²) in [5, 5.41) is 4.91. The summed E-state index contributed by atoms with van der Waals surface area (Å²) in [5.41, 5.74) is 8.15. The minimum Gasteiger partial charge on any atom is -0.320 e. The smallest absolute Gasteiger partial charge is 0.0583 e. The zero-order valence-electron chi connectivity index (χ0n) is 9.10. The van der Waals surface area contributed by atoms with Crippen molar-refractivity contribution in [2.75, 3.05) is 0 Å². The summed E-state index contributed by atoms with van der Waals surface area (Å²) in [4.78, 5) is 0. The first-order valence-electron chi connectivity index (χ1n) is 5.24. The second-order valence-electron chi connectivity index (χ2n) is 3.66. The molecule has 0 saturated carbocycles. The Kier molecular flexibility index (Phi) is 3.27. The van der Waals surface area contributed by atoms with Crippen LogP contribution >= 0.6 is 11.6 Å². The van der Waals surface area contributed by atoms with Crippen molar-refractivity contribution < 1.29 is 0 Å². The van der Waals surface area contributed by atoms with Gasteiger partial charge in [0.1, 0.15) is 0 Å². The van der Waals surface area contributed by atoms with Crippen molar-refractivity contribution in [2.45, 2.75) is 19.5 Å². The van der Waals surface area contributed by atoms with Gasteiger partial charge in [-0.25, -0.2) is 0 Å². The molecule has 0 radical (unpaired) electrons. The van der Waals surface area contributed by atoms with Crippen molar-refractivity contribution >= 4 is 11.6 Å². The van der Waals surface area contributed by atoms with E-state index in [4.69, 9.17) is 17.3 Å². The van der Waals surface area contributed by atoms with E-state index < -0.39 is 0 Å². The van der Waals surface area contributed by atoms with E-state index in [1.165, 1.54) is 0 Å². The molecule has 4 heteroatoms. The van der Waals surface area contributed by atoms with E-state index in [-0.39, 0.29) is 6.04 Å². The van der Waals surface area contributed by atoms with Gasteiger partial charge < -0.3 is 5.73 Å². The first-order chi connectivity index (χ1) is 7.70. The first-order valence-corrected chi connectivity index (χ1v) is 5.62. The Bertz CT molecular complexity index is 479. The summed E-state index contributed by atoms with van der Waals surface area (Å²) < 4.78 is 1.86. The highest BCUT2D eigenvalue weighted by atomic mass is 35.5. The monoisotopic (exact) mass is 235 g/mol. The maximum atomic E-state index is 6.14. The highest BCUT2D eigenvalue weighted by Crippen LogP contribution is 2.21. The van der Waals surface area contributed by atoms with Gasteiger partial charge in [-0.3, -0.25) is 4.68 Å². The maximum Gasteiger partial charge on any atom is 0.0583 e. The average Bonchev–Trinajstić information content (AvgIpc) is 2.76. The first kappa shape index (κ1) is 11.2. The lowest BCUT2D eigenvalue weighted by atomic mass is 10.0. The number of hydrogen-bond donors (Lipinski definition) is 1. The predicted molar refractivity (Wildman–Crippen MR) is 65.4 cm³/mol. The Labute approximate surface area is 99.8 Å². The topological polar surface area (TPSA) is 43.8 Å². The maximum absolute atomic E-state index is 6.14. The summed E-state index contributed by atoms with van der Waals surface area (Å²) in [7, 11) is 0. The van der Waals surface area contributed by atoms with Crippen LogP contribution in [-0.4, -0.2) is 9.78 Å². The van der Waals surface area contributed by atoms with Gasteiger partial charge in [0.05, 0.1) is 12.2 Å². The van der Waals surface area contributed by atoms with Crippen LogP contribution in [0.25, 0.3) is 0 Å². The number of benzene rings is 1. The molecule has 2 N–H and O–H groups in total. The number of hydrogen-bond acceptors (Lipinski definition) is 2. The standard InChI is InChI=1S/C12H14ClN3/c1-2-16-8-10(7-15-16)12(14)9-4-3-5-11(13)6-9/h3-8,12H,2,14H2,1H3. The van der Waals surface area contributed by atoms with Gasteiger partial charge in [0.25, 0.3) is 0 Å². The molecule has 0 saturated heterocycles. The van der Waals surface area contributed by atoms with Crippen LogP contribution in [0, 0.1) is 0 Å². The molecule has 0 aliphatic rings. The summed E-state index contributed by atoms with van der Waals surface area (Å²) in [6, 6.07) is 7.43. The third-order valence-electron chi connectivity index (χ3n) is 2.54. The quantitative estimate of drug-likeness (QED) is 0.889. The number of nitrogens with zero attached hydrogens (tertiary/aromatic N) is 2. The van der Waals surface area contributed by atoms with E-state index in [2.05, 4.69) is 5.10 Å². The molecule has 2 rings (SSSR count). The highest BCUT2D eigenvalue weighted by Gasteiger charge is 2.10. The van der Waals surface area contributed by atoms with Gasteiger partial charge in [-0.05, 0) is 24.6 Å². The van der Waals surface area contributed by atoms with Gasteiger partial charge >= 0.3 is 0 Å². The molecule has 1 unspecified atom stereocenters. The average molecular weight is 236 g/mol. The van der Waals surface area contributed by atoms with Crippen molar-refractivity contribution in [1.29, 1.82) is 0 Å². The second-order valence-corrected chi connectivity index (χ2v) is 4.10. The van der Waals surface area contributed by atoms with Gasteiger partial charge in [0.15, 0.2) is 0 Å². The summed E-state index contributed by atoms with van der Waals surface area (Å²) in [6.07, 6.45) is 3.76. The fraction of sp³-hybridized carbons (Fsp3) is 0.250. The Balaban J connectivity index is 2.27. The van der Waals surface area contributed by atoms with Crippen molar-refractivity contribution in [1.82, 2.24) is 9.78 Å². The fourth-order valence-corrected chi connectivity index (χ4v) is 1.80. The number of aromatic nitrogens is 2. The Morgan fingerprint density at radius 2 is 2.25 bits per heavy atom. The van der Waals surface area contributed by atoms with Crippen LogP contribution in [0.2, 0.25) is 5.02 Å². The summed E-state index contributed by atoms with van der Waals surface area (Å²) in [6.45, 7) is 2.89. The van der Waals surface area contributed by atoms with E-state index >= 15 is 0 Å². The van der Waals surface area contributed by atoms with Crippen molar-refractivity contribution in [3.8, 4) is 0 Å². The second kappa shape index (κ2) is 4.68. The third kappa shape index (κ3) is 2.26. The molecule has 0 bridgehead atoms.